The summed E-state index contributed by atoms with van der Waals surface area (Å²) in [6.45, 7) is 2.83. The molecule has 0 bridgehead atoms. The maximum Gasteiger partial charge on any atom is 0.0716 e. The number of nitrogens with zero attached hydrogens (tertiary/aromatic N) is 1. The number of hydrogen-bond donors (Lipinski definition) is 0. The Balaban J connectivity index is 1.56. The molecule has 1 aliphatic rings. The molecule has 2 rings (SSSR count). The highest BCUT2D eigenvalue weighted by atomic mass is 127. The molecule has 1 aromatic rings. The maximum absolute atomic E-state index is 5.62. The fraction of sp³-hybridized carbons (Fsp3) is 0.455. The van der Waals surface area contributed by atoms with Crippen molar-refractivity contribution in [2.24, 2.45) is 0 Å². The van der Waals surface area contributed by atoms with E-state index in [0.29, 0.717) is 0 Å². The molecule has 0 aliphatic carbocycles. The van der Waals surface area contributed by atoms with Gasteiger partial charge in [0.2, 0.25) is 0 Å². The van der Waals surface area contributed by atoms with Gasteiger partial charge in [0.25, 0.3) is 0 Å². The second kappa shape index (κ2) is 6.08. The Morgan fingerprint density at radius 3 is 2.87 bits per heavy atom. The average Bonchev–Trinajstić information content (AvgIpc) is 3.05. The van der Waals surface area contributed by atoms with Crippen LogP contribution in [0.3, 0.4) is 0 Å². The summed E-state index contributed by atoms with van der Waals surface area (Å²) in [6.07, 6.45) is 1.16. The lowest BCUT2D eigenvalue weighted by Crippen LogP contribution is -2.00. The molecule has 2 atom stereocenters. The lowest BCUT2D eigenvalue weighted by Gasteiger charge is -2.03. The number of hydrogen-bond acceptors (Lipinski definition) is 3. The third-order valence-corrected chi connectivity index (χ3v) is 4.60. The minimum absolute atomic E-state index is 0.741. The molecule has 0 radical (unpaired) electrons. The molecule has 2 unspecified atom stereocenters. The number of benzene rings is 1. The first-order chi connectivity index (χ1) is 7.40. The van der Waals surface area contributed by atoms with Crippen molar-refractivity contribution in [1.29, 1.82) is 0 Å². The zero-order valence-corrected chi connectivity index (χ0v) is 11.4. The maximum atomic E-state index is 5.62. The first-order valence-electron chi connectivity index (χ1n) is 5.07. The Kier molecular flexibility index (Phi) is 4.74. The van der Waals surface area contributed by atoms with Crippen LogP contribution in [0.25, 0.3) is 0 Å². The molecule has 4 heteroatoms. The molecule has 1 heterocycles. The highest BCUT2D eigenvalue weighted by Crippen LogP contribution is 2.34. The van der Waals surface area contributed by atoms with E-state index >= 15 is 0 Å². The van der Waals surface area contributed by atoms with E-state index in [-0.39, 0.29) is 0 Å². The Morgan fingerprint density at radius 2 is 2.20 bits per heavy atom. The summed E-state index contributed by atoms with van der Waals surface area (Å²) in [5.74, 6) is 0. The van der Waals surface area contributed by atoms with Gasteiger partial charge in [0.1, 0.15) is 0 Å². The van der Waals surface area contributed by atoms with E-state index in [1.54, 1.807) is 9.12 Å². The Bertz CT molecular complexity index is 296. The van der Waals surface area contributed by atoms with Crippen LogP contribution in [0.2, 0.25) is 0 Å². The predicted molar refractivity (Wildman–Crippen MR) is 72.8 cm³/mol. The van der Waals surface area contributed by atoms with Crippen LogP contribution in [-0.2, 0) is 11.3 Å². The van der Waals surface area contributed by atoms with Crippen LogP contribution in [-0.4, -0.2) is 23.5 Å². The Labute approximate surface area is 107 Å². The molecule has 0 N–H and O–H groups in total. The minimum Gasteiger partial charge on any atom is -0.377 e. The van der Waals surface area contributed by atoms with Gasteiger partial charge in [-0.05, 0) is 21.1 Å². The van der Waals surface area contributed by atoms with Crippen LogP contribution in [0.15, 0.2) is 30.3 Å². The van der Waals surface area contributed by atoms with Crippen LogP contribution in [0.1, 0.15) is 12.0 Å². The van der Waals surface area contributed by atoms with Gasteiger partial charge in [-0.25, -0.2) is 4.31 Å². The largest absolute Gasteiger partial charge is 0.377 e. The summed E-state index contributed by atoms with van der Waals surface area (Å²) in [4.78, 5) is 0. The zero-order valence-electron chi connectivity index (χ0n) is 8.43. The fourth-order valence-electron chi connectivity index (χ4n) is 1.46. The molecule has 0 aromatic heterocycles. The summed E-state index contributed by atoms with van der Waals surface area (Å²) in [7, 11) is 1.80. The van der Waals surface area contributed by atoms with Crippen molar-refractivity contribution in [2.75, 3.05) is 13.2 Å². The smallest absolute Gasteiger partial charge is 0.0716 e. The van der Waals surface area contributed by atoms with Crippen LogP contribution in [0, 0.1) is 0 Å². The summed E-state index contributed by atoms with van der Waals surface area (Å²) < 4.78 is 7.99. The molecule has 82 valence electrons. The molecule has 1 aromatic carbocycles. The average molecular weight is 335 g/mol. The molecule has 0 amide bonds. The van der Waals surface area contributed by atoms with Gasteiger partial charge in [0.05, 0.1) is 6.61 Å². The fourth-order valence-corrected chi connectivity index (χ4v) is 3.36. The Morgan fingerprint density at radius 1 is 1.40 bits per heavy atom. The molecular weight excluding hydrogens is 321 g/mol. The third-order valence-electron chi connectivity index (χ3n) is 2.46. The van der Waals surface area contributed by atoms with Gasteiger partial charge in [-0.3, -0.25) is 0 Å². The third kappa shape index (κ3) is 3.94. The van der Waals surface area contributed by atoms with Gasteiger partial charge < -0.3 is 4.74 Å². The van der Waals surface area contributed by atoms with Crippen molar-refractivity contribution in [1.82, 2.24) is 4.31 Å². The lowest BCUT2D eigenvalue weighted by molar-refractivity contribution is 0.117. The normalized spacial score (nSPS) is 24.1. The van der Waals surface area contributed by atoms with Crippen molar-refractivity contribution in [3.8, 4) is 0 Å². The Hall–Kier alpha value is 0.220. The van der Waals surface area contributed by atoms with Crippen LogP contribution >= 0.6 is 30.3 Å². The van der Waals surface area contributed by atoms with Gasteiger partial charge in [-0.2, -0.15) is 0 Å². The van der Waals surface area contributed by atoms with Crippen molar-refractivity contribution < 1.29 is 4.74 Å². The molecule has 1 fully saturated rings. The van der Waals surface area contributed by atoms with Crippen LogP contribution < -0.4 is 0 Å². The van der Waals surface area contributed by atoms with E-state index in [9.17, 15) is 0 Å². The molecule has 15 heavy (non-hydrogen) atoms. The van der Waals surface area contributed by atoms with Gasteiger partial charge >= 0.3 is 0 Å². The second-order valence-corrected chi connectivity index (χ2v) is 5.44. The van der Waals surface area contributed by atoms with Gasteiger partial charge in [-0.1, -0.05) is 30.3 Å². The van der Waals surface area contributed by atoms with E-state index in [0.717, 1.165) is 25.7 Å². The number of halogens is 1. The van der Waals surface area contributed by atoms with Crippen molar-refractivity contribution >= 4 is 30.3 Å². The predicted octanol–water partition coefficient (Wildman–Crippen LogP) is 3.28. The number of rotatable bonds is 6. The summed E-state index contributed by atoms with van der Waals surface area (Å²) >= 11 is 2.33. The number of ether oxygens (including phenoxy) is 1. The molecule has 1 aliphatic heterocycles. The summed E-state index contributed by atoms with van der Waals surface area (Å²) in [5.41, 5.74) is 1.26. The highest BCUT2D eigenvalue weighted by Gasteiger charge is 2.33. The molecule has 2 nitrogen and oxygen atoms in total. The van der Waals surface area contributed by atoms with E-state index in [1.807, 2.05) is 18.2 Å². The first kappa shape index (κ1) is 11.7. The van der Waals surface area contributed by atoms with Crippen molar-refractivity contribution in [2.45, 2.75) is 19.1 Å². The van der Waals surface area contributed by atoms with Gasteiger partial charge in [0, 0.05) is 40.4 Å². The second-order valence-electron chi connectivity index (χ2n) is 3.65. The minimum atomic E-state index is 0.741. The van der Waals surface area contributed by atoms with Crippen molar-refractivity contribution in [3.63, 3.8) is 0 Å². The van der Waals surface area contributed by atoms with Crippen LogP contribution in [0.4, 0.5) is 0 Å². The summed E-state index contributed by atoms with van der Waals surface area (Å²) in [6, 6.07) is 11.1. The van der Waals surface area contributed by atoms with Gasteiger partial charge in [-0.15, -0.1) is 0 Å². The quantitative estimate of drug-likeness (QED) is 0.343. The summed E-state index contributed by atoms with van der Waals surface area (Å²) in [5, 5.41) is 0. The van der Waals surface area contributed by atoms with Crippen molar-refractivity contribution in [3.05, 3.63) is 35.9 Å². The van der Waals surface area contributed by atoms with E-state index in [1.165, 1.54) is 12.1 Å². The van der Waals surface area contributed by atoms with E-state index < -0.39 is 0 Å². The topological polar surface area (TPSA) is 12.2 Å². The highest BCUT2D eigenvalue weighted by molar-refractivity contribution is 14.2. The van der Waals surface area contributed by atoms with E-state index in [2.05, 4.69) is 37.6 Å². The SMILES string of the molecule is ISN1CC1CCOCc1ccccc1. The first-order valence-corrected chi connectivity index (χ1v) is 8.39. The zero-order chi connectivity index (χ0) is 10.5. The molecular formula is C11H14INOS. The standard InChI is InChI=1S/C11H14INOS/c12-15-13-8-11(13)6-7-14-9-10-4-2-1-3-5-10/h1-5,11H,6-9H2. The molecule has 1 saturated heterocycles. The lowest BCUT2D eigenvalue weighted by atomic mass is 10.2. The van der Waals surface area contributed by atoms with Crippen LogP contribution in [0.5, 0.6) is 0 Å². The van der Waals surface area contributed by atoms with E-state index in [4.69, 9.17) is 4.74 Å². The monoisotopic (exact) mass is 335 g/mol. The molecule has 0 spiro atoms. The molecule has 0 saturated carbocycles. The van der Waals surface area contributed by atoms with Gasteiger partial charge in [0.15, 0.2) is 0 Å².